The molecule has 0 aliphatic heterocycles. The van der Waals surface area contributed by atoms with E-state index in [2.05, 4.69) is 10.1 Å². The van der Waals surface area contributed by atoms with Crippen LogP contribution in [0.3, 0.4) is 0 Å². The molecule has 17 heavy (non-hydrogen) atoms. The smallest absolute Gasteiger partial charge is 0.327 e. The van der Waals surface area contributed by atoms with Crippen LogP contribution in [0.2, 0.25) is 0 Å². The summed E-state index contributed by atoms with van der Waals surface area (Å²) in [6.07, 6.45) is 0. The largest absolute Gasteiger partial charge is 0.467 e. The first-order valence-electron chi connectivity index (χ1n) is 5.05. The topological polar surface area (TPSA) is 81.5 Å². The van der Waals surface area contributed by atoms with Crippen LogP contribution < -0.4 is 5.32 Å². The summed E-state index contributed by atoms with van der Waals surface area (Å²) in [5, 5.41) is 13.5. The Morgan fingerprint density at radius 3 is 2.71 bits per heavy atom. The van der Waals surface area contributed by atoms with Gasteiger partial charge in [-0.2, -0.15) is 0 Å². The highest BCUT2D eigenvalue weighted by Gasteiger charge is 2.15. The predicted octanol–water partition coefficient (Wildman–Crippen LogP) is 1.88. The molecule has 0 aliphatic carbocycles. The summed E-state index contributed by atoms with van der Waals surface area (Å²) in [7, 11) is 1.29. The summed E-state index contributed by atoms with van der Waals surface area (Å²) in [5.41, 5.74) is 1.36. The van der Waals surface area contributed by atoms with Crippen LogP contribution in [0, 0.1) is 17.0 Å². The van der Waals surface area contributed by atoms with E-state index in [1.54, 1.807) is 19.9 Å². The molecule has 1 N–H and O–H groups in total. The molecule has 0 saturated carbocycles. The van der Waals surface area contributed by atoms with Crippen molar-refractivity contribution in [3.63, 3.8) is 0 Å². The summed E-state index contributed by atoms with van der Waals surface area (Å²) >= 11 is 0. The van der Waals surface area contributed by atoms with Gasteiger partial charge in [0.1, 0.15) is 6.04 Å². The van der Waals surface area contributed by atoms with Gasteiger partial charge in [-0.1, -0.05) is 6.07 Å². The Balaban J connectivity index is 2.93. The maximum atomic E-state index is 11.2. The number of carbonyl (C=O) groups excluding carboxylic acids is 1. The van der Waals surface area contributed by atoms with Crippen LogP contribution in [0.25, 0.3) is 0 Å². The first-order valence-corrected chi connectivity index (χ1v) is 5.05. The molecule has 1 rings (SSSR count). The van der Waals surface area contributed by atoms with Gasteiger partial charge in [-0.15, -0.1) is 0 Å². The van der Waals surface area contributed by atoms with E-state index in [0.717, 1.165) is 5.56 Å². The fourth-order valence-electron chi connectivity index (χ4n) is 1.35. The Hall–Kier alpha value is -2.11. The number of esters is 1. The number of aryl methyl sites for hydroxylation is 1. The van der Waals surface area contributed by atoms with E-state index in [0.29, 0.717) is 5.69 Å². The third-order valence-corrected chi connectivity index (χ3v) is 2.36. The number of methoxy groups -OCH3 is 1. The summed E-state index contributed by atoms with van der Waals surface area (Å²) < 4.78 is 4.57. The number of nitro groups is 1. The Kier molecular flexibility index (Phi) is 4.03. The lowest BCUT2D eigenvalue weighted by Crippen LogP contribution is -2.27. The molecule has 1 atom stereocenters. The number of non-ortho nitro benzene ring substituents is 1. The van der Waals surface area contributed by atoms with Gasteiger partial charge >= 0.3 is 5.97 Å². The molecule has 0 saturated heterocycles. The maximum absolute atomic E-state index is 11.2. The van der Waals surface area contributed by atoms with Crippen molar-refractivity contribution in [2.75, 3.05) is 12.4 Å². The number of hydrogen-bond donors (Lipinski definition) is 1. The van der Waals surface area contributed by atoms with E-state index in [1.807, 2.05) is 0 Å². The number of hydrogen-bond acceptors (Lipinski definition) is 5. The van der Waals surface area contributed by atoms with E-state index in [9.17, 15) is 14.9 Å². The number of nitro benzene ring substituents is 1. The highest BCUT2D eigenvalue weighted by molar-refractivity contribution is 5.79. The SMILES string of the molecule is COC(=O)C(C)Nc1cc([N+](=O)[O-])ccc1C. The molecule has 0 fully saturated rings. The molecule has 0 aliphatic rings. The second-order valence-electron chi connectivity index (χ2n) is 3.65. The van der Waals surface area contributed by atoms with E-state index < -0.39 is 16.9 Å². The lowest BCUT2D eigenvalue weighted by molar-refractivity contribution is -0.384. The van der Waals surface area contributed by atoms with Crippen molar-refractivity contribution in [1.82, 2.24) is 0 Å². The fourth-order valence-corrected chi connectivity index (χ4v) is 1.35. The number of nitrogens with zero attached hydrogens (tertiary/aromatic N) is 1. The standard InChI is InChI=1S/C11H14N2O4/c1-7-4-5-9(13(15)16)6-10(7)12-8(2)11(14)17-3/h4-6,8,12H,1-3H3. The molecule has 0 amide bonds. The number of rotatable bonds is 4. The third-order valence-electron chi connectivity index (χ3n) is 2.36. The molecular formula is C11H14N2O4. The van der Waals surface area contributed by atoms with Gasteiger partial charge in [0.15, 0.2) is 0 Å². The molecule has 1 aromatic carbocycles. The van der Waals surface area contributed by atoms with Gasteiger partial charge in [0.05, 0.1) is 12.0 Å². The van der Waals surface area contributed by atoms with Crippen LogP contribution in [0.15, 0.2) is 18.2 Å². The number of benzene rings is 1. The summed E-state index contributed by atoms with van der Waals surface area (Å²) in [5.74, 6) is -0.420. The normalized spacial score (nSPS) is 11.7. The Morgan fingerprint density at radius 2 is 2.18 bits per heavy atom. The molecule has 0 radical (unpaired) electrons. The molecule has 6 heteroatoms. The van der Waals surface area contributed by atoms with Gasteiger partial charge in [-0.25, -0.2) is 4.79 Å². The Labute approximate surface area is 98.7 Å². The van der Waals surface area contributed by atoms with Crippen molar-refractivity contribution in [2.24, 2.45) is 0 Å². The van der Waals surface area contributed by atoms with E-state index in [-0.39, 0.29) is 5.69 Å². The van der Waals surface area contributed by atoms with Crippen molar-refractivity contribution < 1.29 is 14.5 Å². The predicted molar refractivity (Wildman–Crippen MR) is 62.9 cm³/mol. The van der Waals surface area contributed by atoms with Gasteiger partial charge in [0.25, 0.3) is 5.69 Å². The number of anilines is 1. The summed E-state index contributed by atoms with van der Waals surface area (Å²) in [6, 6.07) is 3.89. The van der Waals surface area contributed by atoms with Crippen molar-refractivity contribution in [2.45, 2.75) is 19.9 Å². The zero-order valence-electron chi connectivity index (χ0n) is 9.89. The van der Waals surface area contributed by atoms with Crippen molar-refractivity contribution in [3.8, 4) is 0 Å². The van der Waals surface area contributed by atoms with Crippen LogP contribution in [0.1, 0.15) is 12.5 Å². The monoisotopic (exact) mass is 238 g/mol. The minimum absolute atomic E-state index is 0.0184. The number of nitrogens with one attached hydrogen (secondary N) is 1. The first-order chi connectivity index (χ1) is 7.95. The molecule has 6 nitrogen and oxygen atoms in total. The first kappa shape index (κ1) is 13.0. The summed E-state index contributed by atoms with van der Waals surface area (Å²) in [4.78, 5) is 21.4. The molecule has 0 heterocycles. The second kappa shape index (κ2) is 5.29. The van der Waals surface area contributed by atoms with Crippen LogP contribution in [0.4, 0.5) is 11.4 Å². The molecular weight excluding hydrogens is 224 g/mol. The van der Waals surface area contributed by atoms with Crippen molar-refractivity contribution >= 4 is 17.3 Å². The fraction of sp³-hybridized carbons (Fsp3) is 0.364. The minimum atomic E-state index is -0.555. The van der Waals surface area contributed by atoms with Gasteiger partial charge in [-0.05, 0) is 19.4 Å². The summed E-state index contributed by atoms with van der Waals surface area (Å²) in [6.45, 7) is 3.43. The van der Waals surface area contributed by atoms with E-state index in [1.165, 1.54) is 19.2 Å². The van der Waals surface area contributed by atoms with Gasteiger partial charge in [0.2, 0.25) is 0 Å². The molecule has 0 aromatic heterocycles. The highest BCUT2D eigenvalue weighted by atomic mass is 16.6. The minimum Gasteiger partial charge on any atom is -0.467 e. The van der Waals surface area contributed by atoms with Crippen molar-refractivity contribution in [1.29, 1.82) is 0 Å². The number of carbonyl (C=O) groups is 1. The molecule has 1 aromatic rings. The molecule has 92 valence electrons. The Morgan fingerprint density at radius 1 is 1.53 bits per heavy atom. The van der Waals surface area contributed by atoms with Crippen molar-refractivity contribution in [3.05, 3.63) is 33.9 Å². The van der Waals surface area contributed by atoms with Crippen LogP contribution >= 0.6 is 0 Å². The van der Waals surface area contributed by atoms with Gasteiger partial charge in [0, 0.05) is 17.8 Å². The average molecular weight is 238 g/mol. The molecule has 0 spiro atoms. The second-order valence-corrected chi connectivity index (χ2v) is 3.65. The zero-order valence-corrected chi connectivity index (χ0v) is 9.89. The van der Waals surface area contributed by atoms with Crippen LogP contribution in [-0.2, 0) is 9.53 Å². The average Bonchev–Trinajstić information content (AvgIpc) is 2.30. The quantitative estimate of drug-likeness (QED) is 0.492. The molecule has 1 unspecified atom stereocenters. The van der Waals surface area contributed by atoms with E-state index >= 15 is 0 Å². The lowest BCUT2D eigenvalue weighted by atomic mass is 10.1. The lowest BCUT2D eigenvalue weighted by Gasteiger charge is -2.14. The zero-order chi connectivity index (χ0) is 13.0. The Bertz CT molecular complexity index is 445. The van der Waals surface area contributed by atoms with Crippen LogP contribution in [0.5, 0.6) is 0 Å². The highest BCUT2D eigenvalue weighted by Crippen LogP contribution is 2.22. The number of ether oxygens (including phenoxy) is 1. The third kappa shape index (κ3) is 3.17. The van der Waals surface area contributed by atoms with Crippen LogP contribution in [-0.4, -0.2) is 24.0 Å². The van der Waals surface area contributed by atoms with Gasteiger partial charge < -0.3 is 10.1 Å². The van der Waals surface area contributed by atoms with E-state index in [4.69, 9.17) is 0 Å². The molecule has 0 bridgehead atoms. The maximum Gasteiger partial charge on any atom is 0.327 e. The van der Waals surface area contributed by atoms with Gasteiger partial charge in [-0.3, -0.25) is 10.1 Å².